The molecule has 1 saturated heterocycles. The third-order valence-corrected chi connectivity index (χ3v) is 3.79. The van der Waals surface area contributed by atoms with Gasteiger partial charge in [-0.3, -0.25) is 9.59 Å². The summed E-state index contributed by atoms with van der Waals surface area (Å²) < 4.78 is 5.03. The highest BCUT2D eigenvalue weighted by molar-refractivity contribution is 5.96. The second kappa shape index (κ2) is 6.26. The molecule has 21 heavy (non-hydrogen) atoms. The highest BCUT2D eigenvalue weighted by Gasteiger charge is 2.30. The van der Waals surface area contributed by atoms with Crippen molar-refractivity contribution < 1.29 is 19.2 Å². The number of aliphatic hydroxyl groups excluding tert-OH is 1. The molecule has 0 aliphatic carbocycles. The maximum Gasteiger partial charge on any atom is 0.259 e. The highest BCUT2D eigenvalue weighted by Crippen LogP contribution is 2.19. The number of aryl methyl sites for hydroxylation is 2. The molecule has 0 saturated carbocycles. The Hall–Kier alpha value is -1.89. The Morgan fingerprint density at radius 1 is 1.33 bits per heavy atom. The first kappa shape index (κ1) is 15.5. The molecule has 7 heteroatoms. The predicted molar refractivity (Wildman–Crippen MR) is 74.7 cm³/mol. The second-order valence-electron chi connectivity index (χ2n) is 5.44. The Labute approximate surface area is 123 Å². The zero-order chi connectivity index (χ0) is 15.6. The summed E-state index contributed by atoms with van der Waals surface area (Å²) in [6.45, 7) is 5.78. The minimum atomic E-state index is -0.642. The minimum Gasteiger partial charge on any atom is -0.391 e. The second-order valence-corrected chi connectivity index (χ2v) is 5.44. The smallest absolute Gasteiger partial charge is 0.259 e. The van der Waals surface area contributed by atoms with Gasteiger partial charge in [-0.15, -0.1) is 0 Å². The van der Waals surface area contributed by atoms with Crippen LogP contribution in [0.1, 0.15) is 41.6 Å². The first-order valence-corrected chi connectivity index (χ1v) is 7.07. The van der Waals surface area contributed by atoms with E-state index in [1.165, 1.54) is 6.92 Å². The van der Waals surface area contributed by atoms with E-state index in [0.717, 1.165) is 0 Å². The summed E-state index contributed by atoms with van der Waals surface area (Å²) in [6, 6.07) is -0.315. The van der Waals surface area contributed by atoms with Gasteiger partial charge in [0.15, 0.2) is 0 Å². The molecule has 0 aromatic carbocycles. The van der Waals surface area contributed by atoms with E-state index in [9.17, 15) is 14.7 Å². The van der Waals surface area contributed by atoms with Crippen LogP contribution < -0.4 is 5.32 Å². The molecule has 2 rings (SSSR count). The molecule has 0 spiro atoms. The normalized spacial score (nSPS) is 22.8. The van der Waals surface area contributed by atoms with Crippen molar-refractivity contribution in [1.29, 1.82) is 0 Å². The molecule has 0 radical (unpaired) electrons. The first-order valence-electron chi connectivity index (χ1n) is 7.07. The Kier molecular flexibility index (Phi) is 4.62. The molecule has 2 heterocycles. The quantitative estimate of drug-likeness (QED) is 0.823. The van der Waals surface area contributed by atoms with Gasteiger partial charge in [0.05, 0.1) is 17.8 Å². The van der Waals surface area contributed by atoms with Crippen molar-refractivity contribution in [3.05, 3.63) is 17.0 Å². The summed E-state index contributed by atoms with van der Waals surface area (Å²) >= 11 is 0. The largest absolute Gasteiger partial charge is 0.391 e. The van der Waals surface area contributed by atoms with Crippen molar-refractivity contribution in [2.45, 2.75) is 45.8 Å². The molecule has 2 atom stereocenters. The number of rotatable bonds is 2. The molecular weight excluding hydrogens is 274 g/mol. The number of aromatic nitrogens is 1. The molecule has 2 N–H and O–H groups in total. The Bertz CT molecular complexity index is 521. The molecule has 1 aliphatic rings. The molecule has 0 unspecified atom stereocenters. The van der Waals surface area contributed by atoms with E-state index < -0.39 is 6.10 Å². The SMILES string of the molecule is CC(=O)N[C@H]1CCN(C(=O)c2c(C)noc2C)CC[C@@H]1O. The van der Waals surface area contributed by atoms with Crippen LogP contribution in [0.2, 0.25) is 0 Å². The number of hydrogen-bond acceptors (Lipinski definition) is 5. The Balaban J connectivity index is 2.09. The lowest BCUT2D eigenvalue weighted by Crippen LogP contribution is -2.42. The number of aliphatic hydroxyl groups is 1. The summed E-state index contributed by atoms with van der Waals surface area (Å²) in [6.07, 6.45) is 0.312. The fourth-order valence-electron chi connectivity index (χ4n) is 2.67. The number of carbonyl (C=O) groups excluding carboxylic acids is 2. The van der Waals surface area contributed by atoms with Gasteiger partial charge in [0.1, 0.15) is 11.3 Å². The van der Waals surface area contributed by atoms with Crippen LogP contribution in [-0.2, 0) is 4.79 Å². The van der Waals surface area contributed by atoms with Gasteiger partial charge in [-0.1, -0.05) is 5.16 Å². The molecule has 0 bridgehead atoms. The van der Waals surface area contributed by atoms with E-state index >= 15 is 0 Å². The van der Waals surface area contributed by atoms with Gasteiger partial charge in [-0.25, -0.2) is 0 Å². The lowest BCUT2D eigenvalue weighted by Gasteiger charge is -2.20. The van der Waals surface area contributed by atoms with Crippen molar-refractivity contribution in [2.75, 3.05) is 13.1 Å². The van der Waals surface area contributed by atoms with Crippen LogP contribution >= 0.6 is 0 Å². The number of nitrogens with zero attached hydrogens (tertiary/aromatic N) is 2. The van der Waals surface area contributed by atoms with E-state index in [-0.39, 0.29) is 17.9 Å². The van der Waals surface area contributed by atoms with Crippen molar-refractivity contribution in [3.63, 3.8) is 0 Å². The van der Waals surface area contributed by atoms with E-state index in [2.05, 4.69) is 10.5 Å². The van der Waals surface area contributed by atoms with E-state index in [1.54, 1.807) is 18.7 Å². The fraction of sp³-hybridized carbons (Fsp3) is 0.643. The number of likely N-dealkylation sites (tertiary alicyclic amines) is 1. The van der Waals surface area contributed by atoms with Gasteiger partial charge >= 0.3 is 0 Å². The van der Waals surface area contributed by atoms with E-state index in [1.807, 2.05) is 0 Å². The molecule has 7 nitrogen and oxygen atoms in total. The van der Waals surface area contributed by atoms with Crippen LogP contribution in [0.25, 0.3) is 0 Å². The fourth-order valence-corrected chi connectivity index (χ4v) is 2.67. The maximum absolute atomic E-state index is 12.5. The van der Waals surface area contributed by atoms with Crippen molar-refractivity contribution in [1.82, 2.24) is 15.4 Å². The molecular formula is C14H21N3O4. The average molecular weight is 295 g/mol. The number of nitrogens with one attached hydrogen (secondary N) is 1. The Morgan fingerprint density at radius 3 is 2.57 bits per heavy atom. The van der Waals surface area contributed by atoms with Gasteiger partial charge in [-0.05, 0) is 26.7 Å². The van der Waals surface area contributed by atoms with E-state index in [0.29, 0.717) is 42.9 Å². The summed E-state index contributed by atoms with van der Waals surface area (Å²) in [4.78, 5) is 25.4. The van der Waals surface area contributed by atoms with Gasteiger partial charge in [0, 0.05) is 20.0 Å². The van der Waals surface area contributed by atoms with Gasteiger partial charge in [0.25, 0.3) is 5.91 Å². The molecule has 1 aliphatic heterocycles. The molecule has 2 amide bonds. The zero-order valence-electron chi connectivity index (χ0n) is 12.5. The van der Waals surface area contributed by atoms with Gasteiger partial charge in [-0.2, -0.15) is 0 Å². The summed E-state index contributed by atoms with van der Waals surface area (Å²) in [7, 11) is 0. The van der Waals surface area contributed by atoms with Crippen LogP contribution in [0.4, 0.5) is 0 Å². The topological polar surface area (TPSA) is 95.7 Å². The summed E-state index contributed by atoms with van der Waals surface area (Å²) in [5, 5.41) is 16.6. The first-order chi connectivity index (χ1) is 9.90. The van der Waals surface area contributed by atoms with Crippen LogP contribution in [0, 0.1) is 13.8 Å². The van der Waals surface area contributed by atoms with Crippen molar-refractivity contribution >= 4 is 11.8 Å². The lowest BCUT2D eigenvalue weighted by molar-refractivity contribution is -0.120. The monoisotopic (exact) mass is 295 g/mol. The maximum atomic E-state index is 12.5. The molecule has 116 valence electrons. The average Bonchev–Trinajstić information content (AvgIpc) is 2.63. The Morgan fingerprint density at radius 2 is 2.00 bits per heavy atom. The third-order valence-electron chi connectivity index (χ3n) is 3.79. The standard InChI is InChI=1S/C14H21N3O4/c1-8-13(9(2)21-16-8)14(20)17-6-4-11(15-10(3)18)12(19)5-7-17/h11-12,19H,4-7H2,1-3H3,(H,15,18)/t11-,12-/m0/s1. The number of hydrogen-bond donors (Lipinski definition) is 2. The van der Waals surface area contributed by atoms with Crippen LogP contribution in [0.15, 0.2) is 4.52 Å². The third kappa shape index (κ3) is 3.41. The summed E-state index contributed by atoms with van der Waals surface area (Å²) in [5.41, 5.74) is 1.06. The zero-order valence-corrected chi connectivity index (χ0v) is 12.5. The van der Waals surface area contributed by atoms with Crippen LogP contribution in [-0.4, -0.2) is 52.2 Å². The highest BCUT2D eigenvalue weighted by atomic mass is 16.5. The number of carbonyl (C=O) groups is 2. The molecule has 1 fully saturated rings. The van der Waals surface area contributed by atoms with Crippen molar-refractivity contribution in [2.24, 2.45) is 0 Å². The molecule has 1 aromatic heterocycles. The lowest BCUT2D eigenvalue weighted by atomic mass is 10.1. The van der Waals surface area contributed by atoms with Crippen LogP contribution in [0.5, 0.6) is 0 Å². The number of amides is 2. The van der Waals surface area contributed by atoms with Gasteiger partial charge < -0.3 is 19.8 Å². The van der Waals surface area contributed by atoms with Crippen molar-refractivity contribution in [3.8, 4) is 0 Å². The minimum absolute atomic E-state index is 0.137. The van der Waals surface area contributed by atoms with Crippen LogP contribution in [0.3, 0.4) is 0 Å². The predicted octanol–water partition coefficient (Wildman–Crippen LogP) is 0.393. The van der Waals surface area contributed by atoms with Gasteiger partial charge in [0.2, 0.25) is 5.91 Å². The summed E-state index contributed by atoms with van der Waals surface area (Å²) in [5.74, 6) is 0.187. The molecule has 1 aromatic rings. The van der Waals surface area contributed by atoms with E-state index in [4.69, 9.17) is 4.52 Å².